The summed E-state index contributed by atoms with van der Waals surface area (Å²) in [6.07, 6.45) is -3.17. The zero-order valence-corrected chi connectivity index (χ0v) is 21.9. The Morgan fingerprint density at radius 1 is 0.900 bits per heavy atom. The number of aromatic nitrogens is 4. The summed E-state index contributed by atoms with van der Waals surface area (Å²) in [6.45, 7) is 0.883. The first kappa shape index (κ1) is 27.0. The molecule has 2 aromatic carbocycles. The van der Waals surface area contributed by atoms with E-state index in [-0.39, 0.29) is 44.4 Å². The molecule has 1 aliphatic rings. The van der Waals surface area contributed by atoms with Gasteiger partial charge in [0, 0.05) is 43.5 Å². The van der Waals surface area contributed by atoms with Gasteiger partial charge in [0.15, 0.2) is 23.1 Å². The number of pyridine rings is 1. The number of amides is 1. The second-order valence-corrected chi connectivity index (χ2v) is 9.09. The average Bonchev–Trinajstić information content (AvgIpc) is 3.40. The van der Waals surface area contributed by atoms with Gasteiger partial charge in [-0.05, 0) is 30.3 Å². The molecule has 9 nitrogen and oxygen atoms in total. The minimum absolute atomic E-state index is 0.0814. The second kappa shape index (κ2) is 11.2. The Balaban J connectivity index is 1.36. The maximum atomic E-state index is 13.5. The van der Waals surface area contributed by atoms with Crippen LogP contribution in [0.3, 0.4) is 0 Å². The summed E-state index contributed by atoms with van der Waals surface area (Å²) in [7, 11) is 3.09. The summed E-state index contributed by atoms with van der Waals surface area (Å²) in [6, 6.07) is 17.0. The number of halogens is 3. The van der Waals surface area contributed by atoms with E-state index in [1.54, 1.807) is 40.8 Å². The van der Waals surface area contributed by atoms with E-state index in [1.807, 2.05) is 36.4 Å². The van der Waals surface area contributed by atoms with Gasteiger partial charge in [-0.25, -0.2) is 14.6 Å². The van der Waals surface area contributed by atoms with Crippen LogP contribution in [0.5, 0.6) is 11.5 Å². The highest BCUT2D eigenvalue weighted by Crippen LogP contribution is 2.35. The lowest BCUT2D eigenvalue weighted by Gasteiger charge is -2.36. The Hall–Kier alpha value is -4.61. The lowest BCUT2D eigenvalue weighted by Crippen LogP contribution is -2.50. The van der Waals surface area contributed by atoms with Crippen molar-refractivity contribution in [1.82, 2.24) is 24.6 Å². The van der Waals surface area contributed by atoms with Crippen molar-refractivity contribution in [2.75, 3.05) is 45.3 Å². The molecule has 5 rings (SSSR count). The summed E-state index contributed by atoms with van der Waals surface area (Å²) in [5, 5.41) is 4.64. The van der Waals surface area contributed by atoms with E-state index in [1.165, 1.54) is 12.3 Å². The van der Waals surface area contributed by atoms with Crippen LogP contribution in [0.25, 0.3) is 22.8 Å². The second-order valence-electron chi connectivity index (χ2n) is 9.09. The molecule has 0 unspecified atom stereocenters. The average molecular weight is 553 g/mol. The van der Waals surface area contributed by atoms with Gasteiger partial charge in [0.05, 0.1) is 19.8 Å². The minimum atomic E-state index is -4.51. The van der Waals surface area contributed by atoms with Crippen LogP contribution in [0.2, 0.25) is 0 Å². The quantitative estimate of drug-likeness (QED) is 0.336. The fraction of sp³-hybridized carbons (Fsp3) is 0.286. The normalized spacial score (nSPS) is 13.8. The summed E-state index contributed by atoms with van der Waals surface area (Å²) in [5.41, 5.74) is 0.687. The van der Waals surface area contributed by atoms with E-state index in [4.69, 9.17) is 14.5 Å². The van der Waals surface area contributed by atoms with Crippen molar-refractivity contribution in [1.29, 1.82) is 0 Å². The molecule has 0 bridgehead atoms. The third-order valence-corrected chi connectivity index (χ3v) is 6.65. The Kier molecular flexibility index (Phi) is 7.58. The van der Waals surface area contributed by atoms with Gasteiger partial charge in [-0.2, -0.15) is 13.2 Å². The van der Waals surface area contributed by atoms with Crippen molar-refractivity contribution in [3.63, 3.8) is 0 Å². The Morgan fingerprint density at radius 2 is 1.62 bits per heavy atom. The number of hydrogen-bond donors (Lipinski definition) is 0. The van der Waals surface area contributed by atoms with E-state index in [0.717, 1.165) is 11.6 Å². The monoisotopic (exact) mass is 552 g/mol. The van der Waals surface area contributed by atoms with Crippen LogP contribution in [-0.2, 0) is 17.5 Å². The molecule has 0 aliphatic carbocycles. The van der Waals surface area contributed by atoms with E-state index < -0.39 is 11.7 Å². The lowest BCUT2D eigenvalue weighted by molar-refractivity contribution is -0.137. The first-order valence-electron chi connectivity index (χ1n) is 12.6. The van der Waals surface area contributed by atoms with Crippen molar-refractivity contribution >= 4 is 11.7 Å². The molecule has 3 heterocycles. The van der Waals surface area contributed by atoms with Gasteiger partial charge in [-0.1, -0.05) is 30.3 Å². The van der Waals surface area contributed by atoms with E-state index in [2.05, 4.69) is 10.1 Å². The fourth-order valence-corrected chi connectivity index (χ4v) is 4.62. The number of carbonyl (C=O) groups is 1. The molecular weight excluding hydrogens is 525 g/mol. The number of carbonyl (C=O) groups excluding carboxylic acids is 1. The smallest absolute Gasteiger partial charge is 0.419 e. The molecule has 0 saturated carbocycles. The number of piperazine rings is 1. The summed E-state index contributed by atoms with van der Waals surface area (Å²) in [4.78, 5) is 25.2. The predicted molar refractivity (Wildman–Crippen MR) is 142 cm³/mol. The topological polar surface area (TPSA) is 85.6 Å². The number of rotatable bonds is 7. The molecular formula is C28H27F3N6O3. The van der Waals surface area contributed by atoms with Gasteiger partial charge in [0.1, 0.15) is 12.4 Å². The molecule has 0 N–H and O–H groups in total. The molecule has 1 saturated heterocycles. The molecule has 1 fully saturated rings. The van der Waals surface area contributed by atoms with Crippen LogP contribution in [-0.4, -0.2) is 71.0 Å². The third-order valence-electron chi connectivity index (χ3n) is 6.65. The largest absolute Gasteiger partial charge is 0.493 e. The minimum Gasteiger partial charge on any atom is -0.493 e. The maximum absolute atomic E-state index is 13.5. The Bertz CT molecular complexity index is 1480. The number of nitrogens with zero attached hydrogens (tertiary/aromatic N) is 6. The van der Waals surface area contributed by atoms with Gasteiger partial charge in [0.25, 0.3) is 0 Å². The number of alkyl halides is 3. The molecule has 1 aliphatic heterocycles. The SMILES string of the molecule is COc1ccc(-c2nc(-c3ccccc3)n(CC(=O)N3CCN(c4ncccc4C(F)(F)F)CC3)n2)cc1OC. The number of benzene rings is 2. The molecule has 0 atom stereocenters. The van der Waals surface area contributed by atoms with Gasteiger partial charge >= 0.3 is 6.18 Å². The van der Waals surface area contributed by atoms with Crippen LogP contribution in [0.4, 0.5) is 19.0 Å². The first-order chi connectivity index (χ1) is 19.3. The molecule has 0 radical (unpaired) electrons. The van der Waals surface area contributed by atoms with Crippen LogP contribution in [0.15, 0.2) is 66.9 Å². The molecule has 4 aromatic rings. The summed E-state index contributed by atoms with van der Waals surface area (Å²) < 4.78 is 52.7. The highest BCUT2D eigenvalue weighted by molar-refractivity contribution is 5.77. The number of methoxy groups -OCH3 is 2. The van der Waals surface area contributed by atoms with Gasteiger partial charge in [0.2, 0.25) is 5.91 Å². The summed E-state index contributed by atoms with van der Waals surface area (Å²) in [5.74, 6) is 1.68. The van der Waals surface area contributed by atoms with Gasteiger partial charge < -0.3 is 19.3 Å². The fourth-order valence-electron chi connectivity index (χ4n) is 4.62. The number of hydrogen-bond acceptors (Lipinski definition) is 7. The molecule has 208 valence electrons. The third kappa shape index (κ3) is 5.56. The zero-order chi connectivity index (χ0) is 28.3. The zero-order valence-electron chi connectivity index (χ0n) is 21.9. The van der Waals surface area contributed by atoms with E-state index >= 15 is 0 Å². The highest BCUT2D eigenvalue weighted by atomic mass is 19.4. The lowest BCUT2D eigenvalue weighted by atomic mass is 10.2. The van der Waals surface area contributed by atoms with Crippen LogP contribution in [0.1, 0.15) is 5.56 Å². The van der Waals surface area contributed by atoms with Crippen molar-refractivity contribution in [3.8, 4) is 34.3 Å². The van der Waals surface area contributed by atoms with Crippen LogP contribution >= 0.6 is 0 Å². The Morgan fingerprint density at radius 3 is 2.30 bits per heavy atom. The predicted octanol–water partition coefficient (Wildman–Crippen LogP) is 4.39. The van der Waals surface area contributed by atoms with Crippen LogP contribution < -0.4 is 14.4 Å². The standard InChI is InChI=1S/C28H27F3N6O3/c1-39-22-11-10-20(17-23(22)40-2)25-33-26(19-7-4-3-5-8-19)37(34-25)18-24(38)35-13-15-36(16-14-35)27-21(28(29,30)31)9-6-12-32-27/h3-12,17H,13-16,18H2,1-2H3. The molecule has 0 spiro atoms. The first-order valence-corrected chi connectivity index (χ1v) is 12.6. The van der Waals surface area contributed by atoms with E-state index in [9.17, 15) is 18.0 Å². The van der Waals surface area contributed by atoms with E-state index in [0.29, 0.717) is 28.7 Å². The van der Waals surface area contributed by atoms with Crippen molar-refractivity contribution < 1.29 is 27.4 Å². The number of anilines is 1. The van der Waals surface area contributed by atoms with Crippen LogP contribution in [0, 0.1) is 0 Å². The highest BCUT2D eigenvalue weighted by Gasteiger charge is 2.36. The molecule has 1 amide bonds. The summed E-state index contributed by atoms with van der Waals surface area (Å²) >= 11 is 0. The maximum Gasteiger partial charge on any atom is 0.419 e. The van der Waals surface area contributed by atoms with Crippen molar-refractivity contribution in [2.24, 2.45) is 0 Å². The van der Waals surface area contributed by atoms with Gasteiger partial charge in [-0.15, -0.1) is 5.10 Å². The van der Waals surface area contributed by atoms with Crippen molar-refractivity contribution in [2.45, 2.75) is 12.7 Å². The molecule has 40 heavy (non-hydrogen) atoms. The Labute approximate surface area is 228 Å². The van der Waals surface area contributed by atoms with Gasteiger partial charge in [-0.3, -0.25) is 4.79 Å². The molecule has 2 aromatic heterocycles. The number of ether oxygens (including phenoxy) is 2. The van der Waals surface area contributed by atoms with Crippen molar-refractivity contribution in [3.05, 3.63) is 72.4 Å². The molecule has 12 heteroatoms.